The fourth-order valence-corrected chi connectivity index (χ4v) is 3.38. The second-order valence-corrected chi connectivity index (χ2v) is 6.94. The van der Waals surface area contributed by atoms with Crippen LogP contribution >= 0.6 is 0 Å². The lowest BCUT2D eigenvalue weighted by Gasteiger charge is -2.32. The van der Waals surface area contributed by atoms with Crippen LogP contribution < -0.4 is 10.9 Å². The third-order valence-electron chi connectivity index (χ3n) is 4.85. The minimum atomic E-state index is -0.148. The lowest BCUT2D eigenvalue weighted by molar-refractivity contribution is -0.117. The Hall–Kier alpha value is -2.90. The van der Waals surface area contributed by atoms with Gasteiger partial charge in [-0.25, -0.2) is 0 Å². The van der Waals surface area contributed by atoms with Crippen molar-refractivity contribution in [3.63, 3.8) is 0 Å². The Balaban J connectivity index is 1.58. The molecule has 0 aliphatic carbocycles. The van der Waals surface area contributed by atoms with Crippen molar-refractivity contribution in [2.45, 2.75) is 32.7 Å². The largest absolute Gasteiger partial charge is 0.338 e. The minimum Gasteiger partial charge on any atom is -0.338 e. The van der Waals surface area contributed by atoms with E-state index in [-0.39, 0.29) is 23.3 Å². The van der Waals surface area contributed by atoms with Crippen LogP contribution in [0.15, 0.2) is 35.4 Å². The van der Waals surface area contributed by atoms with Gasteiger partial charge in [-0.1, -0.05) is 0 Å². The Kier molecular flexibility index (Phi) is 5.73. The molecule has 0 spiro atoms. The van der Waals surface area contributed by atoms with Crippen LogP contribution in [0.25, 0.3) is 0 Å². The second-order valence-electron chi connectivity index (χ2n) is 6.94. The number of piperidine rings is 1. The number of nitrogens with zero attached hydrogens (tertiary/aromatic N) is 4. The van der Waals surface area contributed by atoms with Crippen molar-refractivity contribution < 1.29 is 9.59 Å². The van der Waals surface area contributed by atoms with Crippen LogP contribution in [0, 0.1) is 5.92 Å². The lowest BCUT2D eigenvalue weighted by atomic mass is 9.94. The van der Waals surface area contributed by atoms with Gasteiger partial charge in [-0.05, 0) is 31.7 Å². The predicted molar refractivity (Wildman–Crippen MR) is 101 cm³/mol. The maximum atomic E-state index is 12.7. The third kappa shape index (κ3) is 4.64. The van der Waals surface area contributed by atoms with Crippen molar-refractivity contribution in [3.05, 3.63) is 46.5 Å². The Morgan fingerprint density at radius 2 is 2.11 bits per heavy atom. The summed E-state index contributed by atoms with van der Waals surface area (Å²) in [7, 11) is 1.63. The van der Waals surface area contributed by atoms with Gasteiger partial charge in [0.1, 0.15) is 0 Å². The predicted octanol–water partition coefficient (Wildman–Crippen LogP) is 1.48. The smallest absolute Gasteiger partial charge is 0.255 e. The number of pyridine rings is 1. The monoisotopic (exact) mass is 371 g/mol. The molecule has 2 aromatic heterocycles. The van der Waals surface area contributed by atoms with E-state index in [2.05, 4.69) is 10.4 Å². The van der Waals surface area contributed by atoms with Crippen molar-refractivity contribution in [1.82, 2.24) is 19.2 Å². The van der Waals surface area contributed by atoms with Crippen molar-refractivity contribution >= 4 is 17.6 Å². The number of aromatic nitrogens is 3. The highest BCUT2D eigenvalue weighted by atomic mass is 16.2. The van der Waals surface area contributed by atoms with Crippen LogP contribution in [0.1, 0.15) is 36.5 Å². The zero-order chi connectivity index (χ0) is 19.4. The van der Waals surface area contributed by atoms with E-state index in [0.29, 0.717) is 30.9 Å². The minimum absolute atomic E-state index is 0.0854. The highest BCUT2D eigenvalue weighted by Crippen LogP contribution is 2.21. The maximum absolute atomic E-state index is 12.7. The van der Waals surface area contributed by atoms with Crippen LogP contribution in [0.2, 0.25) is 0 Å². The Bertz CT molecular complexity index is 885. The molecule has 8 nitrogen and oxygen atoms in total. The number of amides is 2. The Morgan fingerprint density at radius 1 is 1.30 bits per heavy atom. The standard InChI is InChI=1S/C19H25N5O3/c1-3-24-10-8-16(21-24)20-17(25)11-14-5-4-9-23(12-14)19(27)15-6-7-18(26)22(2)13-15/h6-8,10,13-14H,3-5,9,11-12H2,1-2H3,(H,20,21,25)/t14-/m1/s1. The number of rotatable bonds is 5. The van der Waals surface area contributed by atoms with Gasteiger partial charge in [-0.15, -0.1) is 0 Å². The van der Waals surface area contributed by atoms with Crippen molar-refractivity contribution in [3.8, 4) is 0 Å². The van der Waals surface area contributed by atoms with Gasteiger partial charge >= 0.3 is 0 Å². The van der Waals surface area contributed by atoms with Crippen LogP contribution in [0.3, 0.4) is 0 Å². The molecule has 0 aromatic carbocycles. The molecule has 3 heterocycles. The number of carbonyl (C=O) groups is 2. The zero-order valence-corrected chi connectivity index (χ0v) is 15.7. The molecule has 1 aliphatic heterocycles. The first-order valence-corrected chi connectivity index (χ1v) is 9.25. The molecule has 1 fully saturated rings. The van der Waals surface area contributed by atoms with Gasteiger partial charge in [0, 0.05) is 57.6 Å². The number of hydrogen-bond acceptors (Lipinski definition) is 4. The highest BCUT2D eigenvalue weighted by molar-refractivity contribution is 5.94. The van der Waals surface area contributed by atoms with Crippen molar-refractivity contribution in [2.75, 3.05) is 18.4 Å². The summed E-state index contributed by atoms with van der Waals surface area (Å²) in [4.78, 5) is 38.3. The summed E-state index contributed by atoms with van der Waals surface area (Å²) in [6, 6.07) is 4.74. The molecule has 0 saturated carbocycles. The molecule has 1 aliphatic rings. The number of carbonyl (C=O) groups excluding carboxylic acids is 2. The molecular weight excluding hydrogens is 346 g/mol. The van der Waals surface area contributed by atoms with E-state index in [1.807, 2.05) is 13.1 Å². The first-order chi connectivity index (χ1) is 13.0. The van der Waals surface area contributed by atoms with Crippen LogP contribution in [-0.2, 0) is 18.4 Å². The van der Waals surface area contributed by atoms with Gasteiger partial charge in [0.25, 0.3) is 5.91 Å². The molecule has 2 aromatic rings. The average Bonchev–Trinajstić information content (AvgIpc) is 3.11. The van der Waals surface area contributed by atoms with Crippen molar-refractivity contribution in [2.24, 2.45) is 13.0 Å². The number of nitrogens with one attached hydrogen (secondary N) is 1. The van der Waals surface area contributed by atoms with Crippen LogP contribution in [0.5, 0.6) is 0 Å². The maximum Gasteiger partial charge on any atom is 0.255 e. The first-order valence-electron chi connectivity index (χ1n) is 9.25. The van der Waals surface area contributed by atoms with Gasteiger partial charge in [-0.3, -0.25) is 19.1 Å². The van der Waals surface area contributed by atoms with Gasteiger partial charge < -0.3 is 14.8 Å². The average molecular weight is 371 g/mol. The van der Waals surface area contributed by atoms with Crippen molar-refractivity contribution in [1.29, 1.82) is 0 Å². The molecule has 3 rings (SSSR count). The van der Waals surface area contributed by atoms with E-state index >= 15 is 0 Å². The molecule has 1 N–H and O–H groups in total. The number of hydrogen-bond donors (Lipinski definition) is 1. The quantitative estimate of drug-likeness (QED) is 0.862. The lowest BCUT2D eigenvalue weighted by Crippen LogP contribution is -2.41. The van der Waals surface area contributed by atoms with Crippen LogP contribution in [-0.4, -0.2) is 44.2 Å². The molecule has 0 radical (unpaired) electrons. The Morgan fingerprint density at radius 3 is 2.81 bits per heavy atom. The number of likely N-dealkylation sites (tertiary alicyclic amines) is 1. The SMILES string of the molecule is CCn1ccc(NC(=O)C[C@H]2CCCN(C(=O)c3ccc(=O)n(C)c3)C2)n1. The Labute approximate surface area is 157 Å². The molecule has 2 amide bonds. The molecular formula is C19H25N5O3. The normalized spacial score (nSPS) is 17.0. The third-order valence-corrected chi connectivity index (χ3v) is 4.85. The molecule has 27 heavy (non-hydrogen) atoms. The highest BCUT2D eigenvalue weighted by Gasteiger charge is 2.26. The van der Waals surface area contributed by atoms with E-state index in [4.69, 9.17) is 0 Å². The molecule has 0 unspecified atom stereocenters. The summed E-state index contributed by atoms with van der Waals surface area (Å²) >= 11 is 0. The van der Waals surface area contributed by atoms with E-state index < -0.39 is 0 Å². The molecule has 144 valence electrons. The van der Waals surface area contributed by atoms with Gasteiger partial charge in [0.2, 0.25) is 11.5 Å². The van der Waals surface area contributed by atoms with E-state index in [0.717, 1.165) is 19.4 Å². The number of anilines is 1. The van der Waals surface area contributed by atoms with E-state index in [9.17, 15) is 14.4 Å². The topological polar surface area (TPSA) is 89.2 Å². The summed E-state index contributed by atoms with van der Waals surface area (Å²) in [5.74, 6) is 0.481. The van der Waals surface area contributed by atoms with Crippen LogP contribution in [0.4, 0.5) is 5.82 Å². The van der Waals surface area contributed by atoms with E-state index in [1.54, 1.807) is 35.0 Å². The molecule has 8 heteroatoms. The summed E-state index contributed by atoms with van der Waals surface area (Å²) in [6.07, 6.45) is 5.51. The molecule has 1 saturated heterocycles. The van der Waals surface area contributed by atoms with Gasteiger partial charge in [0.15, 0.2) is 5.82 Å². The molecule has 1 atom stereocenters. The summed E-state index contributed by atoms with van der Waals surface area (Å²) in [6.45, 7) is 3.94. The zero-order valence-electron chi connectivity index (χ0n) is 15.7. The first kappa shape index (κ1) is 18.9. The number of aryl methyl sites for hydroxylation is 2. The summed E-state index contributed by atoms with van der Waals surface area (Å²) in [5, 5.41) is 7.07. The van der Waals surface area contributed by atoms with Gasteiger partial charge in [0.05, 0.1) is 5.56 Å². The fourth-order valence-electron chi connectivity index (χ4n) is 3.38. The van der Waals surface area contributed by atoms with Gasteiger partial charge in [-0.2, -0.15) is 5.10 Å². The fraction of sp³-hybridized carbons (Fsp3) is 0.474. The van der Waals surface area contributed by atoms with E-state index in [1.165, 1.54) is 10.6 Å². The summed E-state index contributed by atoms with van der Waals surface area (Å²) < 4.78 is 3.15. The molecule has 0 bridgehead atoms. The summed E-state index contributed by atoms with van der Waals surface area (Å²) in [5.41, 5.74) is 0.345. The second kappa shape index (κ2) is 8.20.